The Morgan fingerprint density at radius 1 is 1.45 bits per heavy atom. The van der Waals surface area contributed by atoms with Crippen LogP contribution in [-0.4, -0.2) is 12.5 Å². The van der Waals surface area contributed by atoms with Gasteiger partial charge in [0.1, 0.15) is 12.5 Å². The highest BCUT2D eigenvalue weighted by Gasteiger charge is 1.98. The highest BCUT2D eigenvalue weighted by Crippen LogP contribution is 2.06. The fraction of sp³-hybridized carbons (Fsp3) is 0.667. The molecule has 0 rings (SSSR count). The molecule has 0 aromatic heterocycles. The van der Waals surface area contributed by atoms with Crippen LogP contribution in [0, 0.1) is 0 Å². The summed E-state index contributed by atoms with van der Waals surface area (Å²) < 4.78 is 12.7. The zero-order chi connectivity index (χ0) is 8.53. The molecule has 11 heavy (non-hydrogen) atoms. The van der Waals surface area contributed by atoms with E-state index in [1.807, 2.05) is 0 Å². The van der Waals surface area contributed by atoms with E-state index in [-0.39, 0.29) is 0 Å². The fourth-order valence-electron chi connectivity index (χ4n) is 0.851. The van der Waals surface area contributed by atoms with Gasteiger partial charge in [0.15, 0.2) is 0 Å². The first-order valence-electron chi connectivity index (χ1n) is 4.07. The number of aldehydes is 1. The molecule has 0 aliphatic rings. The second-order valence-corrected chi connectivity index (χ2v) is 2.53. The van der Waals surface area contributed by atoms with Gasteiger partial charge in [0.2, 0.25) is 0 Å². The van der Waals surface area contributed by atoms with Crippen LogP contribution in [0.2, 0.25) is 0 Å². The van der Waals surface area contributed by atoms with Gasteiger partial charge < -0.3 is 0 Å². The fourth-order valence-corrected chi connectivity index (χ4v) is 0.851. The van der Waals surface area contributed by atoms with E-state index in [0.717, 1.165) is 19.3 Å². The molecular formula is C9H15FO. The molecule has 0 aromatic carbocycles. The van der Waals surface area contributed by atoms with Crippen molar-refractivity contribution in [3.8, 4) is 0 Å². The lowest BCUT2D eigenvalue weighted by molar-refractivity contribution is -0.104. The topological polar surface area (TPSA) is 17.1 Å². The van der Waals surface area contributed by atoms with Crippen molar-refractivity contribution in [2.75, 3.05) is 0 Å². The molecule has 0 bridgehead atoms. The Balaban J connectivity index is 3.28. The third kappa shape index (κ3) is 7.23. The Morgan fingerprint density at radius 3 is 2.73 bits per heavy atom. The van der Waals surface area contributed by atoms with Crippen LogP contribution in [-0.2, 0) is 4.79 Å². The number of rotatable bonds is 6. The number of hydrogen-bond donors (Lipinski definition) is 0. The summed E-state index contributed by atoms with van der Waals surface area (Å²) in [7, 11) is 0. The summed E-state index contributed by atoms with van der Waals surface area (Å²) in [5.74, 6) is 0. The van der Waals surface area contributed by atoms with Gasteiger partial charge in [-0.25, -0.2) is 4.39 Å². The van der Waals surface area contributed by atoms with E-state index in [4.69, 9.17) is 0 Å². The molecule has 1 atom stereocenters. The first kappa shape index (κ1) is 10.3. The van der Waals surface area contributed by atoms with E-state index in [0.29, 0.717) is 12.7 Å². The van der Waals surface area contributed by atoms with Crippen LogP contribution in [0.25, 0.3) is 0 Å². The molecule has 0 heterocycles. The highest BCUT2D eigenvalue weighted by molar-refractivity contribution is 5.64. The number of unbranched alkanes of at least 4 members (excludes halogenated alkanes) is 2. The molecule has 0 aliphatic carbocycles. The Morgan fingerprint density at radius 2 is 2.18 bits per heavy atom. The summed E-state index contributed by atoms with van der Waals surface area (Å²) in [6.45, 7) is 2.08. The van der Waals surface area contributed by atoms with Crippen LogP contribution in [0.5, 0.6) is 0 Å². The van der Waals surface area contributed by atoms with E-state index < -0.39 is 6.17 Å². The maximum absolute atomic E-state index is 12.7. The monoisotopic (exact) mass is 158 g/mol. The van der Waals surface area contributed by atoms with Gasteiger partial charge in [0, 0.05) is 0 Å². The van der Waals surface area contributed by atoms with Gasteiger partial charge in [-0.05, 0) is 18.6 Å². The van der Waals surface area contributed by atoms with E-state index in [9.17, 15) is 9.18 Å². The zero-order valence-corrected chi connectivity index (χ0v) is 6.92. The number of carbonyl (C=O) groups is 1. The van der Waals surface area contributed by atoms with Crippen molar-refractivity contribution in [3.05, 3.63) is 12.2 Å². The van der Waals surface area contributed by atoms with Gasteiger partial charge in [-0.1, -0.05) is 26.2 Å². The van der Waals surface area contributed by atoms with E-state index in [1.165, 1.54) is 12.2 Å². The van der Waals surface area contributed by atoms with Crippen LogP contribution >= 0.6 is 0 Å². The maximum Gasteiger partial charge on any atom is 0.142 e. The maximum atomic E-state index is 12.7. The molecule has 0 radical (unpaired) electrons. The Labute approximate surface area is 67.3 Å². The van der Waals surface area contributed by atoms with Gasteiger partial charge in [-0.3, -0.25) is 4.79 Å². The van der Waals surface area contributed by atoms with Gasteiger partial charge in [-0.2, -0.15) is 0 Å². The van der Waals surface area contributed by atoms with Crippen molar-refractivity contribution in [1.82, 2.24) is 0 Å². The smallest absolute Gasteiger partial charge is 0.142 e. The number of allylic oxidation sites excluding steroid dienone is 2. The molecule has 0 N–H and O–H groups in total. The molecule has 0 amide bonds. The third-order valence-corrected chi connectivity index (χ3v) is 1.48. The highest BCUT2D eigenvalue weighted by atomic mass is 19.1. The molecule has 2 heteroatoms. The van der Waals surface area contributed by atoms with Gasteiger partial charge in [0.05, 0.1) is 0 Å². The van der Waals surface area contributed by atoms with Crippen LogP contribution in [0.15, 0.2) is 12.2 Å². The number of alkyl halides is 1. The van der Waals surface area contributed by atoms with E-state index in [1.54, 1.807) is 0 Å². The first-order chi connectivity index (χ1) is 5.31. The molecule has 0 saturated heterocycles. The summed E-state index contributed by atoms with van der Waals surface area (Å²) in [4.78, 5) is 9.79. The van der Waals surface area contributed by atoms with Crippen molar-refractivity contribution < 1.29 is 9.18 Å². The molecule has 0 saturated carbocycles. The van der Waals surface area contributed by atoms with Crippen LogP contribution in [0.1, 0.15) is 32.6 Å². The summed E-state index contributed by atoms with van der Waals surface area (Å²) in [6, 6.07) is 0. The first-order valence-corrected chi connectivity index (χ1v) is 4.07. The molecule has 64 valence electrons. The number of carbonyl (C=O) groups excluding carboxylic acids is 1. The van der Waals surface area contributed by atoms with Gasteiger partial charge in [0.25, 0.3) is 0 Å². The number of halogens is 1. The molecule has 1 unspecified atom stereocenters. The molecule has 0 aliphatic heterocycles. The predicted octanol–water partition coefficient (Wildman–Crippen LogP) is 2.66. The summed E-state index contributed by atoms with van der Waals surface area (Å²) in [6.07, 6.45) is 5.80. The lowest BCUT2D eigenvalue weighted by Gasteiger charge is -1.99. The van der Waals surface area contributed by atoms with Crippen molar-refractivity contribution in [1.29, 1.82) is 0 Å². The van der Waals surface area contributed by atoms with Gasteiger partial charge >= 0.3 is 0 Å². The normalized spacial score (nSPS) is 13.6. The number of hydrogen-bond acceptors (Lipinski definition) is 1. The molecule has 0 fully saturated rings. The van der Waals surface area contributed by atoms with Crippen LogP contribution in [0.4, 0.5) is 4.39 Å². The predicted molar refractivity (Wildman–Crippen MR) is 44.2 cm³/mol. The third-order valence-electron chi connectivity index (χ3n) is 1.48. The Kier molecular flexibility index (Phi) is 7.00. The lowest BCUT2D eigenvalue weighted by atomic mass is 10.1. The lowest BCUT2D eigenvalue weighted by Crippen LogP contribution is -1.94. The largest absolute Gasteiger partial charge is 0.299 e. The van der Waals surface area contributed by atoms with Crippen molar-refractivity contribution in [2.24, 2.45) is 0 Å². The zero-order valence-electron chi connectivity index (χ0n) is 6.92. The minimum Gasteiger partial charge on any atom is -0.299 e. The van der Waals surface area contributed by atoms with Crippen LogP contribution in [0.3, 0.4) is 0 Å². The Bertz CT molecular complexity index is 121. The minimum atomic E-state index is -0.938. The molecular weight excluding hydrogens is 143 g/mol. The average molecular weight is 158 g/mol. The summed E-state index contributed by atoms with van der Waals surface area (Å²) in [5, 5.41) is 0. The van der Waals surface area contributed by atoms with Crippen molar-refractivity contribution >= 4 is 6.29 Å². The minimum absolute atomic E-state index is 0.540. The SMILES string of the molecule is CCCCCC(F)/C=C\C=O. The standard InChI is InChI=1S/C9H15FO/c1-2-3-4-6-9(10)7-5-8-11/h5,7-9H,2-4,6H2,1H3/b7-5-. The van der Waals surface area contributed by atoms with Gasteiger partial charge in [-0.15, -0.1) is 0 Å². The molecule has 0 spiro atoms. The second-order valence-electron chi connectivity index (χ2n) is 2.53. The van der Waals surface area contributed by atoms with Crippen LogP contribution < -0.4 is 0 Å². The van der Waals surface area contributed by atoms with Crippen molar-refractivity contribution in [2.45, 2.75) is 38.8 Å². The summed E-state index contributed by atoms with van der Waals surface area (Å²) >= 11 is 0. The second kappa shape index (κ2) is 7.45. The Hall–Kier alpha value is -0.660. The quantitative estimate of drug-likeness (QED) is 0.330. The molecule has 1 nitrogen and oxygen atoms in total. The van der Waals surface area contributed by atoms with Crippen molar-refractivity contribution in [3.63, 3.8) is 0 Å². The average Bonchev–Trinajstić information content (AvgIpc) is 2.01. The summed E-state index contributed by atoms with van der Waals surface area (Å²) in [5.41, 5.74) is 0. The van der Waals surface area contributed by atoms with E-state index in [2.05, 4.69) is 6.92 Å². The van der Waals surface area contributed by atoms with E-state index >= 15 is 0 Å². The molecule has 0 aromatic rings.